The highest BCUT2D eigenvalue weighted by molar-refractivity contribution is 7.80. The largest absolute Gasteiger partial charge is 0.365 e. The molecule has 3 rings (SSSR count). The van der Waals surface area contributed by atoms with E-state index in [2.05, 4.69) is 21.3 Å². The van der Waals surface area contributed by atoms with Crippen molar-refractivity contribution in [3.05, 3.63) is 82.5 Å². The molecule has 1 amide bonds. The first-order valence-corrected chi connectivity index (χ1v) is 8.82. The molecule has 0 atom stereocenters. The Kier molecular flexibility index (Phi) is 6.02. The van der Waals surface area contributed by atoms with E-state index < -0.39 is 11.6 Å². The molecule has 0 aliphatic heterocycles. The number of hydrogen-bond donors (Lipinski definition) is 4. The number of rotatable bonds is 5. The third kappa shape index (κ3) is 4.95. The predicted octanol–water partition coefficient (Wildman–Crippen LogP) is 0.367. The van der Waals surface area contributed by atoms with Gasteiger partial charge < -0.3 is 11.2 Å². The van der Waals surface area contributed by atoms with Gasteiger partial charge in [-0.1, -0.05) is 48.5 Å². The fourth-order valence-corrected chi connectivity index (χ4v) is 2.62. The number of anilines is 1. The van der Waals surface area contributed by atoms with Gasteiger partial charge in [-0.15, -0.1) is 0 Å². The van der Waals surface area contributed by atoms with Gasteiger partial charge in [-0.25, -0.2) is 9.48 Å². The third-order valence-corrected chi connectivity index (χ3v) is 3.99. The van der Waals surface area contributed by atoms with Gasteiger partial charge in [-0.3, -0.25) is 15.6 Å². The van der Waals surface area contributed by atoms with Crippen LogP contribution in [0.4, 0.5) is 5.69 Å². The predicted molar refractivity (Wildman–Crippen MR) is 110 cm³/mol. The summed E-state index contributed by atoms with van der Waals surface area (Å²) in [5.74, 6) is 5.64. The maximum absolute atomic E-state index is 12.2. The second kappa shape index (κ2) is 8.82. The Labute approximate surface area is 166 Å². The van der Waals surface area contributed by atoms with E-state index >= 15 is 0 Å². The average Bonchev–Trinajstić information content (AvgIpc) is 2.96. The number of benzene rings is 2. The van der Waals surface area contributed by atoms with Crippen molar-refractivity contribution >= 4 is 28.9 Å². The number of hydrogen-bond acceptors (Lipinski definition) is 5. The summed E-state index contributed by atoms with van der Waals surface area (Å²) in [6.07, 6.45) is 0.379. The second-order valence-corrected chi connectivity index (χ2v) is 6.29. The lowest BCUT2D eigenvalue weighted by molar-refractivity contribution is -0.122. The Balaban J connectivity index is 1.56. The summed E-state index contributed by atoms with van der Waals surface area (Å²) < 4.78 is 1.94. The van der Waals surface area contributed by atoms with Crippen LogP contribution in [0.5, 0.6) is 0 Å². The zero-order valence-corrected chi connectivity index (χ0v) is 15.6. The molecular formula is C18H19N7O2S. The lowest BCUT2D eigenvalue weighted by atomic mass is 10.1. The first kappa shape index (κ1) is 19.1. The highest BCUT2D eigenvalue weighted by Gasteiger charge is 2.14. The number of nitrogen functional groups attached to an aromatic ring is 1. The molecular weight excluding hydrogens is 378 g/mol. The molecule has 0 unspecified atom stereocenters. The van der Waals surface area contributed by atoms with E-state index in [9.17, 15) is 9.59 Å². The molecule has 144 valence electrons. The molecule has 0 bridgehead atoms. The number of para-hydroxylation sites is 1. The van der Waals surface area contributed by atoms with Gasteiger partial charge in [0, 0.05) is 12.1 Å². The van der Waals surface area contributed by atoms with Crippen LogP contribution in [0.2, 0.25) is 0 Å². The molecule has 28 heavy (non-hydrogen) atoms. The minimum Gasteiger partial charge on any atom is -0.333 e. The minimum atomic E-state index is -0.578. The summed E-state index contributed by atoms with van der Waals surface area (Å²) in [5.41, 5.74) is 6.14. The van der Waals surface area contributed by atoms with Crippen LogP contribution in [-0.2, 0) is 17.8 Å². The molecule has 0 radical (unpaired) electrons. The third-order valence-electron chi connectivity index (χ3n) is 3.79. The summed E-state index contributed by atoms with van der Waals surface area (Å²) in [6, 6.07) is 18.7. The van der Waals surface area contributed by atoms with Crippen LogP contribution in [0.1, 0.15) is 11.4 Å². The van der Waals surface area contributed by atoms with Crippen molar-refractivity contribution in [3.63, 3.8) is 0 Å². The van der Waals surface area contributed by atoms with Crippen molar-refractivity contribution in [2.45, 2.75) is 13.0 Å². The van der Waals surface area contributed by atoms with E-state index in [1.807, 2.05) is 60.7 Å². The molecule has 0 spiro atoms. The number of carbonyl (C=O) groups is 1. The van der Waals surface area contributed by atoms with E-state index in [0.717, 1.165) is 20.6 Å². The van der Waals surface area contributed by atoms with Crippen LogP contribution in [0, 0.1) is 0 Å². The highest BCUT2D eigenvalue weighted by atomic mass is 32.1. The van der Waals surface area contributed by atoms with E-state index in [1.165, 1.54) is 0 Å². The molecule has 1 heterocycles. The van der Waals surface area contributed by atoms with Gasteiger partial charge in [0.2, 0.25) is 0 Å². The Morgan fingerprint density at radius 2 is 1.68 bits per heavy atom. The van der Waals surface area contributed by atoms with Crippen molar-refractivity contribution in [2.75, 3.05) is 11.2 Å². The Morgan fingerprint density at radius 3 is 2.36 bits per heavy atom. The molecule has 0 aliphatic carbocycles. The molecule has 0 saturated heterocycles. The monoisotopic (exact) mass is 397 g/mol. The van der Waals surface area contributed by atoms with Crippen molar-refractivity contribution in [1.29, 1.82) is 0 Å². The lowest BCUT2D eigenvalue weighted by Gasteiger charge is -2.11. The quantitative estimate of drug-likeness (QED) is 0.279. The van der Waals surface area contributed by atoms with E-state index in [4.69, 9.17) is 18.1 Å². The molecule has 5 N–H and O–H groups in total. The normalized spacial score (nSPS) is 10.3. The number of nitrogens with two attached hydrogens (primary N) is 1. The topological polar surface area (TPSA) is 119 Å². The van der Waals surface area contributed by atoms with Crippen molar-refractivity contribution < 1.29 is 4.79 Å². The number of aromatic nitrogens is 3. The number of carbonyl (C=O) groups excluding carboxylic acids is 1. The van der Waals surface area contributed by atoms with Gasteiger partial charge in [0.15, 0.2) is 10.9 Å². The summed E-state index contributed by atoms with van der Waals surface area (Å²) in [7, 11) is 0. The molecule has 0 saturated carbocycles. The molecule has 10 heteroatoms. The van der Waals surface area contributed by atoms with Gasteiger partial charge in [0.25, 0.3) is 5.91 Å². The van der Waals surface area contributed by atoms with Crippen LogP contribution in [0.3, 0.4) is 0 Å². The summed E-state index contributed by atoms with van der Waals surface area (Å²) in [5, 5.41) is 7.26. The summed E-state index contributed by atoms with van der Waals surface area (Å²) in [4.78, 5) is 24.3. The smallest absolute Gasteiger partial charge is 0.333 e. The molecule has 0 aliphatic rings. The molecule has 1 aromatic heterocycles. The second-order valence-electron chi connectivity index (χ2n) is 5.88. The van der Waals surface area contributed by atoms with E-state index in [-0.39, 0.29) is 11.7 Å². The highest BCUT2D eigenvalue weighted by Crippen LogP contribution is 2.05. The summed E-state index contributed by atoms with van der Waals surface area (Å²) >= 11 is 5.10. The fourth-order valence-electron chi connectivity index (χ4n) is 2.45. The van der Waals surface area contributed by atoms with E-state index in [1.54, 1.807) is 0 Å². The zero-order chi connectivity index (χ0) is 19.9. The molecule has 2 aromatic carbocycles. The van der Waals surface area contributed by atoms with Gasteiger partial charge >= 0.3 is 5.69 Å². The maximum Gasteiger partial charge on any atom is 0.365 e. The van der Waals surface area contributed by atoms with Gasteiger partial charge in [-0.05, 0) is 29.9 Å². The van der Waals surface area contributed by atoms with E-state index in [0.29, 0.717) is 12.2 Å². The number of nitrogens with zero attached hydrogens (tertiary/aromatic N) is 3. The Hall–Kier alpha value is -3.66. The number of amides is 1. The van der Waals surface area contributed by atoms with Gasteiger partial charge in [0.1, 0.15) is 6.54 Å². The van der Waals surface area contributed by atoms with Gasteiger partial charge in [-0.2, -0.15) is 9.77 Å². The SMILES string of the molecule is Nn1c(Cc2ccccc2)nn(CC(=O)NNC(=S)Nc2ccccc2)c1=O. The first-order valence-electron chi connectivity index (χ1n) is 8.41. The van der Waals surface area contributed by atoms with Crippen LogP contribution in [-0.4, -0.2) is 25.5 Å². The Bertz CT molecular complexity index is 1020. The minimum absolute atomic E-state index is 0.209. The molecule has 3 aromatic rings. The lowest BCUT2D eigenvalue weighted by Crippen LogP contribution is -2.46. The fraction of sp³-hybridized carbons (Fsp3) is 0.111. The zero-order valence-electron chi connectivity index (χ0n) is 14.8. The molecule has 0 fully saturated rings. The van der Waals surface area contributed by atoms with Crippen LogP contribution >= 0.6 is 12.2 Å². The standard InChI is InChI=1S/C18H19N7O2S/c19-25-15(11-13-7-3-1-4-8-13)23-24(18(25)27)12-16(26)21-22-17(28)20-14-9-5-2-6-10-14/h1-10H,11-12,19H2,(H,21,26)(H2,20,22,28). The Morgan fingerprint density at radius 1 is 1.04 bits per heavy atom. The van der Waals surface area contributed by atoms with Crippen LogP contribution < -0.4 is 27.7 Å². The van der Waals surface area contributed by atoms with Gasteiger partial charge in [0.05, 0.1) is 0 Å². The molecule has 9 nitrogen and oxygen atoms in total. The van der Waals surface area contributed by atoms with Crippen molar-refractivity contribution in [2.24, 2.45) is 0 Å². The van der Waals surface area contributed by atoms with Crippen molar-refractivity contribution in [1.82, 2.24) is 25.3 Å². The average molecular weight is 397 g/mol. The first-order chi connectivity index (χ1) is 13.5. The summed E-state index contributed by atoms with van der Waals surface area (Å²) in [6.45, 7) is -0.300. The van der Waals surface area contributed by atoms with Crippen molar-refractivity contribution in [3.8, 4) is 0 Å². The maximum atomic E-state index is 12.2. The number of thiocarbonyl (C=S) groups is 1. The van der Waals surface area contributed by atoms with Crippen LogP contribution in [0.25, 0.3) is 0 Å². The van der Waals surface area contributed by atoms with Crippen LogP contribution in [0.15, 0.2) is 65.5 Å². The number of hydrazine groups is 1. The number of nitrogens with one attached hydrogen (secondary N) is 3.